The predicted molar refractivity (Wildman–Crippen MR) is 105 cm³/mol. The third-order valence-electron chi connectivity index (χ3n) is 5.28. The van der Waals surface area contributed by atoms with Crippen LogP contribution in [0, 0.1) is 19.7 Å². The van der Waals surface area contributed by atoms with Crippen molar-refractivity contribution in [1.29, 1.82) is 0 Å². The van der Waals surface area contributed by atoms with Crippen LogP contribution in [0.4, 0.5) is 10.1 Å². The number of halogens is 1. The van der Waals surface area contributed by atoms with Gasteiger partial charge in [-0.1, -0.05) is 12.1 Å². The van der Waals surface area contributed by atoms with Gasteiger partial charge in [0.2, 0.25) is 5.91 Å². The molecule has 0 unspecified atom stereocenters. The molecule has 1 aliphatic heterocycles. The standard InChI is InChI=1S/C22H25FN2O2/c1-16-4-3-5-20(17(16)2)24-12-14-25(15-13-24)22(27)11-10-21(26)18-6-8-19(23)9-7-18/h3-9H,10-15H2,1-2H3. The third kappa shape index (κ3) is 4.54. The molecule has 0 spiro atoms. The topological polar surface area (TPSA) is 40.6 Å². The highest BCUT2D eigenvalue weighted by atomic mass is 19.1. The summed E-state index contributed by atoms with van der Waals surface area (Å²) in [5.41, 5.74) is 4.23. The van der Waals surface area contributed by atoms with Gasteiger partial charge in [0.05, 0.1) is 0 Å². The van der Waals surface area contributed by atoms with Gasteiger partial charge in [-0.25, -0.2) is 4.39 Å². The number of amides is 1. The fourth-order valence-corrected chi connectivity index (χ4v) is 3.43. The average Bonchev–Trinajstić information content (AvgIpc) is 2.68. The monoisotopic (exact) mass is 368 g/mol. The van der Waals surface area contributed by atoms with Crippen LogP contribution in [0.1, 0.15) is 34.3 Å². The Labute approximate surface area is 159 Å². The molecule has 0 radical (unpaired) electrons. The largest absolute Gasteiger partial charge is 0.368 e. The lowest BCUT2D eigenvalue weighted by Gasteiger charge is -2.37. The van der Waals surface area contributed by atoms with E-state index in [-0.39, 0.29) is 30.3 Å². The zero-order chi connectivity index (χ0) is 19.4. The minimum absolute atomic E-state index is 0.00563. The summed E-state index contributed by atoms with van der Waals surface area (Å²) in [5.74, 6) is -0.493. The van der Waals surface area contributed by atoms with Crippen molar-refractivity contribution in [1.82, 2.24) is 4.90 Å². The van der Waals surface area contributed by atoms with Crippen LogP contribution in [0.3, 0.4) is 0 Å². The van der Waals surface area contributed by atoms with Gasteiger partial charge in [0.1, 0.15) is 5.82 Å². The molecule has 5 heteroatoms. The molecule has 1 heterocycles. The van der Waals surface area contributed by atoms with E-state index in [0.717, 1.165) is 13.1 Å². The summed E-state index contributed by atoms with van der Waals surface area (Å²) in [5, 5.41) is 0. The maximum Gasteiger partial charge on any atom is 0.223 e. The van der Waals surface area contributed by atoms with Crippen LogP contribution in [0.5, 0.6) is 0 Å². The minimum Gasteiger partial charge on any atom is -0.368 e. The summed E-state index contributed by atoms with van der Waals surface area (Å²) >= 11 is 0. The molecular weight excluding hydrogens is 343 g/mol. The Morgan fingerprint density at radius 3 is 2.26 bits per heavy atom. The summed E-state index contributed by atoms with van der Waals surface area (Å²) in [6.45, 7) is 7.15. The lowest BCUT2D eigenvalue weighted by molar-refractivity contribution is -0.131. The molecule has 1 fully saturated rings. The van der Waals surface area contributed by atoms with E-state index in [0.29, 0.717) is 18.7 Å². The molecule has 0 aliphatic carbocycles. The molecule has 1 aliphatic rings. The van der Waals surface area contributed by atoms with E-state index in [2.05, 4.69) is 36.9 Å². The van der Waals surface area contributed by atoms with Crippen LogP contribution in [0.2, 0.25) is 0 Å². The molecular formula is C22H25FN2O2. The molecule has 27 heavy (non-hydrogen) atoms. The maximum atomic E-state index is 12.9. The number of carbonyl (C=O) groups is 2. The maximum absolute atomic E-state index is 12.9. The van der Waals surface area contributed by atoms with Gasteiger partial charge < -0.3 is 9.80 Å². The number of piperazine rings is 1. The number of carbonyl (C=O) groups excluding carboxylic acids is 2. The normalized spacial score (nSPS) is 14.3. The summed E-state index contributed by atoms with van der Waals surface area (Å²) in [6.07, 6.45) is 0.349. The predicted octanol–water partition coefficient (Wildman–Crippen LogP) is 3.75. The lowest BCUT2D eigenvalue weighted by Crippen LogP contribution is -2.49. The molecule has 0 aromatic heterocycles. The SMILES string of the molecule is Cc1cccc(N2CCN(C(=O)CCC(=O)c3ccc(F)cc3)CC2)c1C. The highest BCUT2D eigenvalue weighted by Gasteiger charge is 2.22. The first-order valence-corrected chi connectivity index (χ1v) is 9.33. The molecule has 0 saturated carbocycles. The Kier molecular flexibility index (Phi) is 5.89. The third-order valence-corrected chi connectivity index (χ3v) is 5.28. The van der Waals surface area contributed by atoms with Crippen molar-refractivity contribution in [3.63, 3.8) is 0 Å². The van der Waals surface area contributed by atoms with Crippen LogP contribution < -0.4 is 4.90 Å². The highest BCUT2D eigenvalue weighted by molar-refractivity contribution is 5.97. The number of nitrogens with zero attached hydrogens (tertiary/aromatic N) is 2. The smallest absolute Gasteiger partial charge is 0.223 e. The van der Waals surface area contributed by atoms with Crippen LogP contribution in [0.25, 0.3) is 0 Å². The van der Waals surface area contributed by atoms with Gasteiger partial charge in [0.15, 0.2) is 5.78 Å². The summed E-state index contributed by atoms with van der Waals surface area (Å²) in [7, 11) is 0. The molecule has 0 bridgehead atoms. The Morgan fingerprint density at radius 1 is 0.926 bits per heavy atom. The molecule has 4 nitrogen and oxygen atoms in total. The van der Waals surface area contributed by atoms with E-state index in [9.17, 15) is 14.0 Å². The number of rotatable bonds is 5. The highest BCUT2D eigenvalue weighted by Crippen LogP contribution is 2.24. The van der Waals surface area contributed by atoms with Gasteiger partial charge in [-0.3, -0.25) is 9.59 Å². The van der Waals surface area contributed by atoms with Crippen molar-refractivity contribution >= 4 is 17.4 Å². The number of ketones is 1. The number of aryl methyl sites for hydroxylation is 1. The van der Waals surface area contributed by atoms with Gasteiger partial charge in [0.25, 0.3) is 0 Å². The van der Waals surface area contributed by atoms with E-state index in [4.69, 9.17) is 0 Å². The fraction of sp³-hybridized carbons (Fsp3) is 0.364. The van der Waals surface area contributed by atoms with E-state index in [1.54, 1.807) is 0 Å². The first kappa shape index (κ1) is 19.1. The average molecular weight is 368 g/mol. The molecule has 0 atom stereocenters. The molecule has 2 aromatic rings. The van der Waals surface area contributed by atoms with Crippen molar-refractivity contribution in [2.45, 2.75) is 26.7 Å². The Bertz CT molecular complexity index is 825. The van der Waals surface area contributed by atoms with Crippen LogP contribution in [-0.2, 0) is 4.79 Å². The second-order valence-electron chi connectivity index (χ2n) is 7.02. The molecule has 3 rings (SSSR count). The van der Waals surface area contributed by atoms with E-state index < -0.39 is 0 Å². The second-order valence-corrected chi connectivity index (χ2v) is 7.02. The molecule has 1 amide bonds. The zero-order valence-corrected chi connectivity index (χ0v) is 15.9. The second kappa shape index (κ2) is 8.33. The van der Waals surface area contributed by atoms with Crippen LogP contribution in [-0.4, -0.2) is 42.8 Å². The first-order chi connectivity index (χ1) is 13.0. The minimum atomic E-state index is -0.371. The molecule has 0 N–H and O–H groups in total. The summed E-state index contributed by atoms with van der Waals surface area (Å²) in [4.78, 5) is 28.7. The lowest BCUT2D eigenvalue weighted by atomic mass is 10.1. The molecule has 2 aromatic carbocycles. The van der Waals surface area contributed by atoms with Crippen molar-refractivity contribution in [2.75, 3.05) is 31.1 Å². The van der Waals surface area contributed by atoms with E-state index in [1.165, 1.54) is 41.1 Å². The Morgan fingerprint density at radius 2 is 1.59 bits per heavy atom. The van der Waals surface area contributed by atoms with Gasteiger partial charge in [-0.15, -0.1) is 0 Å². The van der Waals surface area contributed by atoms with Crippen LogP contribution >= 0.6 is 0 Å². The Hall–Kier alpha value is -2.69. The van der Waals surface area contributed by atoms with Crippen LogP contribution in [0.15, 0.2) is 42.5 Å². The quantitative estimate of drug-likeness (QED) is 0.755. The molecule has 142 valence electrons. The Balaban J connectivity index is 1.50. The first-order valence-electron chi connectivity index (χ1n) is 9.33. The van der Waals surface area contributed by atoms with Crippen molar-refractivity contribution in [3.05, 3.63) is 65.0 Å². The fourth-order valence-electron chi connectivity index (χ4n) is 3.43. The zero-order valence-electron chi connectivity index (χ0n) is 15.9. The number of anilines is 1. The summed E-state index contributed by atoms with van der Waals surface area (Å²) < 4.78 is 12.9. The van der Waals surface area contributed by atoms with Gasteiger partial charge in [0, 0.05) is 50.3 Å². The van der Waals surface area contributed by atoms with Gasteiger partial charge in [-0.05, 0) is 55.3 Å². The van der Waals surface area contributed by atoms with Gasteiger partial charge >= 0.3 is 0 Å². The van der Waals surface area contributed by atoms with Crippen molar-refractivity contribution < 1.29 is 14.0 Å². The van der Waals surface area contributed by atoms with E-state index >= 15 is 0 Å². The number of hydrogen-bond acceptors (Lipinski definition) is 3. The van der Waals surface area contributed by atoms with Crippen molar-refractivity contribution in [2.24, 2.45) is 0 Å². The van der Waals surface area contributed by atoms with Gasteiger partial charge in [-0.2, -0.15) is 0 Å². The number of hydrogen-bond donors (Lipinski definition) is 0. The number of benzene rings is 2. The van der Waals surface area contributed by atoms with Crippen molar-refractivity contribution in [3.8, 4) is 0 Å². The summed E-state index contributed by atoms with van der Waals surface area (Å²) in [6, 6.07) is 11.8. The number of Topliss-reactive ketones (excluding diaryl/α,β-unsaturated/α-hetero) is 1. The molecule has 1 saturated heterocycles. The van der Waals surface area contributed by atoms with E-state index in [1.807, 2.05) is 4.90 Å².